The molecular formula is C30H16N2O4. The highest BCUT2D eigenvalue weighted by Gasteiger charge is 2.18. The number of rotatable bonds is 2. The monoisotopic (exact) mass is 468 g/mol. The molecule has 2 heterocycles. The molecule has 0 atom stereocenters. The fourth-order valence-corrected chi connectivity index (χ4v) is 5.10. The summed E-state index contributed by atoms with van der Waals surface area (Å²) >= 11 is 0. The summed E-state index contributed by atoms with van der Waals surface area (Å²) in [5.74, 6) is 0. The quantitative estimate of drug-likeness (QED) is 0.357. The van der Waals surface area contributed by atoms with Gasteiger partial charge in [0.25, 0.3) is 22.2 Å². The Morgan fingerprint density at radius 3 is 0.917 bits per heavy atom. The molecule has 0 N–H and O–H groups in total. The average molecular weight is 468 g/mol. The van der Waals surface area contributed by atoms with E-state index in [1.54, 1.807) is 72.8 Å². The summed E-state index contributed by atoms with van der Waals surface area (Å²) in [7, 11) is 0. The lowest BCUT2D eigenvalue weighted by molar-refractivity contribution is 0.991. The van der Waals surface area contributed by atoms with Gasteiger partial charge in [-0.2, -0.15) is 0 Å². The second kappa shape index (κ2) is 7.20. The van der Waals surface area contributed by atoms with Crippen LogP contribution in [0.5, 0.6) is 0 Å². The number of para-hydroxylation sites is 2. The van der Waals surface area contributed by atoms with Crippen LogP contribution < -0.4 is 22.2 Å². The molecule has 0 aliphatic heterocycles. The normalized spacial score (nSPS) is 11.8. The van der Waals surface area contributed by atoms with Crippen LogP contribution in [-0.4, -0.2) is 9.13 Å². The highest BCUT2D eigenvalue weighted by atomic mass is 16.2. The van der Waals surface area contributed by atoms with Gasteiger partial charge in [0.15, 0.2) is 0 Å². The van der Waals surface area contributed by atoms with Gasteiger partial charge in [0.2, 0.25) is 0 Å². The zero-order chi connectivity index (χ0) is 24.6. The molecule has 7 aromatic rings. The molecule has 0 aliphatic carbocycles. The maximum absolute atomic E-state index is 13.1. The van der Waals surface area contributed by atoms with Gasteiger partial charge < -0.3 is 0 Å². The smallest absolute Gasteiger partial charge is 0.266 e. The number of fused-ring (bicyclic) bond motifs is 4. The largest absolute Gasteiger partial charge is 0.268 e. The van der Waals surface area contributed by atoms with Gasteiger partial charge in [0.1, 0.15) is 0 Å². The molecule has 170 valence electrons. The third-order valence-electron chi connectivity index (χ3n) is 6.83. The SMILES string of the molecule is O=c1c2cc3cc4cc5c(=O)n(-c6ccccc6)c(=O)c5cc4cc3cc2c(=O)n1-c1ccccc1. The second-order valence-electron chi connectivity index (χ2n) is 8.90. The summed E-state index contributed by atoms with van der Waals surface area (Å²) in [6.07, 6.45) is 0. The predicted octanol–water partition coefficient (Wildman–Crippen LogP) is 4.20. The fourth-order valence-electron chi connectivity index (χ4n) is 5.10. The topological polar surface area (TPSA) is 78.1 Å². The van der Waals surface area contributed by atoms with Crippen LogP contribution in [0, 0.1) is 0 Å². The van der Waals surface area contributed by atoms with Crippen molar-refractivity contribution in [1.82, 2.24) is 9.13 Å². The van der Waals surface area contributed by atoms with Gasteiger partial charge in [0.05, 0.1) is 32.9 Å². The first kappa shape index (κ1) is 20.3. The molecule has 0 spiro atoms. The van der Waals surface area contributed by atoms with Crippen molar-refractivity contribution in [3.63, 3.8) is 0 Å². The summed E-state index contributed by atoms with van der Waals surface area (Å²) < 4.78 is 2.38. The van der Waals surface area contributed by atoms with Crippen LogP contribution in [0.3, 0.4) is 0 Å². The van der Waals surface area contributed by atoms with Gasteiger partial charge in [-0.3, -0.25) is 19.2 Å². The van der Waals surface area contributed by atoms with Crippen LogP contribution in [-0.2, 0) is 0 Å². The molecule has 7 rings (SSSR count). The number of aromatic nitrogens is 2. The molecule has 0 saturated carbocycles. The Morgan fingerprint density at radius 2 is 0.639 bits per heavy atom. The minimum Gasteiger partial charge on any atom is -0.268 e. The Hall–Kier alpha value is -5.10. The molecule has 0 fully saturated rings. The Labute approximate surface area is 202 Å². The molecule has 0 unspecified atom stereocenters. The van der Waals surface area contributed by atoms with Crippen LogP contribution in [0.15, 0.2) is 116 Å². The van der Waals surface area contributed by atoms with E-state index in [0.29, 0.717) is 32.9 Å². The van der Waals surface area contributed by atoms with Crippen LogP contribution in [0.1, 0.15) is 0 Å². The van der Waals surface area contributed by atoms with Crippen LogP contribution in [0.2, 0.25) is 0 Å². The maximum Gasteiger partial charge on any atom is 0.266 e. The lowest BCUT2D eigenvalue weighted by atomic mass is 10.00. The molecule has 0 saturated heterocycles. The molecular weight excluding hydrogens is 452 g/mol. The average Bonchev–Trinajstić information content (AvgIpc) is 3.29. The summed E-state index contributed by atoms with van der Waals surface area (Å²) in [5, 5.41) is 4.47. The van der Waals surface area contributed by atoms with E-state index in [-0.39, 0.29) is 22.2 Å². The highest BCUT2D eigenvalue weighted by molar-refractivity contribution is 6.08. The van der Waals surface area contributed by atoms with Crippen LogP contribution in [0.25, 0.3) is 54.5 Å². The van der Waals surface area contributed by atoms with Gasteiger partial charge in [0, 0.05) is 0 Å². The van der Waals surface area contributed by atoms with Crippen molar-refractivity contribution in [2.24, 2.45) is 0 Å². The third kappa shape index (κ3) is 2.72. The van der Waals surface area contributed by atoms with Crippen molar-refractivity contribution in [2.45, 2.75) is 0 Å². The molecule has 2 aromatic heterocycles. The van der Waals surface area contributed by atoms with E-state index in [2.05, 4.69) is 0 Å². The molecule has 0 aliphatic rings. The minimum absolute atomic E-state index is 0.346. The van der Waals surface area contributed by atoms with Crippen molar-refractivity contribution < 1.29 is 0 Å². The van der Waals surface area contributed by atoms with E-state index in [1.165, 1.54) is 9.13 Å². The fraction of sp³-hybridized carbons (Fsp3) is 0. The standard InChI is InChI=1S/C30H16N2O4/c33-27-23-13-17-11-19-15-25-26(30(36)32(29(25)35)22-9-5-2-6-10-22)16-20(19)12-18(17)14-24(23)28(34)31(27)21-7-3-1-4-8-21/h1-16H. The van der Waals surface area contributed by atoms with Crippen LogP contribution >= 0.6 is 0 Å². The summed E-state index contributed by atoms with van der Waals surface area (Å²) in [6.45, 7) is 0. The van der Waals surface area contributed by atoms with E-state index >= 15 is 0 Å². The lowest BCUT2D eigenvalue weighted by Crippen LogP contribution is -2.23. The maximum atomic E-state index is 13.1. The first-order valence-electron chi connectivity index (χ1n) is 11.4. The lowest BCUT2D eigenvalue weighted by Gasteiger charge is -2.03. The second-order valence-corrected chi connectivity index (χ2v) is 8.90. The minimum atomic E-state index is -0.364. The van der Waals surface area contributed by atoms with Crippen LogP contribution in [0.4, 0.5) is 0 Å². The molecule has 6 nitrogen and oxygen atoms in total. The number of hydrogen-bond donors (Lipinski definition) is 0. The number of nitrogens with zero attached hydrogens (tertiary/aromatic N) is 2. The first-order valence-corrected chi connectivity index (χ1v) is 11.4. The molecule has 36 heavy (non-hydrogen) atoms. The van der Waals surface area contributed by atoms with E-state index in [1.807, 2.05) is 24.3 Å². The highest BCUT2D eigenvalue weighted by Crippen LogP contribution is 2.28. The summed E-state index contributed by atoms with van der Waals surface area (Å²) in [4.78, 5) is 52.5. The van der Waals surface area contributed by atoms with Gasteiger partial charge >= 0.3 is 0 Å². The van der Waals surface area contributed by atoms with Gasteiger partial charge in [-0.25, -0.2) is 9.13 Å². The van der Waals surface area contributed by atoms with Crippen molar-refractivity contribution in [3.05, 3.63) is 138 Å². The van der Waals surface area contributed by atoms with E-state index in [9.17, 15) is 19.2 Å². The van der Waals surface area contributed by atoms with Crippen molar-refractivity contribution in [1.29, 1.82) is 0 Å². The van der Waals surface area contributed by atoms with E-state index in [0.717, 1.165) is 21.5 Å². The Bertz CT molecular complexity index is 1940. The zero-order valence-corrected chi connectivity index (χ0v) is 18.8. The summed E-state index contributed by atoms with van der Waals surface area (Å²) in [5.41, 5.74) is -0.413. The molecule has 0 bridgehead atoms. The number of benzene rings is 5. The Kier molecular flexibility index (Phi) is 4.06. The summed E-state index contributed by atoms with van der Waals surface area (Å²) in [6, 6.07) is 28.4. The number of hydrogen-bond acceptors (Lipinski definition) is 4. The predicted molar refractivity (Wildman–Crippen MR) is 143 cm³/mol. The van der Waals surface area contributed by atoms with Crippen molar-refractivity contribution >= 4 is 43.1 Å². The van der Waals surface area contributed by atoms with E-state index < -0.39 is 0 Å². The molecule has 0 amide bonds. The first-order chi connectivity index (χ1) is 17.5. The Morgan fingerprint density at radius 1 is 0.361 bits per heavy atom. The van der Waals surface area contributed by atoms with E-state index in [4.69, 9.17) is 0 Å². The molecule has 6 heteroatoms. The van der Waals surface area contributed by atoms with Gasteiger partial charge in [-0.1, -0.05) is 36.4 Å². The van der Waals surface area contributed by atoms with Crippen molar-refractivity contribution in [2.75, 3.05) is 0 Å². The third-order valence-corrected chi connectivity index (χ3v) is 6.83. The zero-order valence-electron chi connectivity index (χ0n) is 18.8. The van der Waals surface area contributed by atoms with Crippen molar-refractivity contribution in [3.8, 4) is 11.4 Å². The molecule has 5 aromatic carbocycles. The Balaban J connectivity index is 1.51. The molecule has 0 radical (unpaired) electrons. The van der Waals surface area contributed by atoms with Gasteiger partial charge in [-0.05, 0) is 82.2 Å². The van der Waals surface area contributed by atoms with Gasteiger partial charge in [-0.15, -0.1) is 0 Å².